The molecular formula is C2H7BaNO6S. The Balaban J connectivity index is -0.0000000383. The van der Waals surface area contributed by atoms with Crippen LogP contribution in [0.25, 0.3) is 0 Å². The van der Waals surface area contributed by atoms with Gasteiger partial charge in [-0.25, -0.2) is 0 Å². The molecule has 0 fully saturated rings. The van der Waals surface area contributed by atoms with E-state index in [9.17, 15) is 0 Å². The maximum Gasteiger partial charge on any atom is 2.00 e. The zero-order valence-corrected chi connectivity index (χ0v) is 11.1. The molecule has 0 radical (unpaired) electrons. The Hall–Kier alpha value is 0.871. The van der Waals surface area contributed by atoms with Crippen molar-refractivity contribution in [2.45, 2.75) is 6.92 Å². The summed E-state index contributed by atoms with van der Waals surface area (Å²) in [5.74, 6) is -0.833. The molecule has 0 aliphatic heterocycles. The van der Waals surface area contributed by atoms with Gasteiger partial charge in [-0.15, -0.1) is 0 Å². The summed E-state index contributed by atoms with van der Waals surface area (Å²) in [6.07, 6.45) is 0. The minimum atomic E-state index is -5.17. The molecule has 0 aliphatic carbocycles. The van der Waals surface area contributed by atoms with Crippen LogP contribution in [-0.2, 0) is 15.2 Å². The van der Waals surface area contributed by atoms with Gasteiger partial charge >= 0.3 is 48.9 Å². The molecule has 0 bridgehead atoms. The molecule has 0 aromatic carbocycles. The van der Waals surface area contributed by atoms with Crippen LogP contribution in [0.1, 0.15) is 6.92 Å². The van der Waals surface area contributed by atoms with Crippen molar-refractivity contribution in [2.75, 3.05) is 0 Å². The Morgan fingerprint density at radius 3 is 1.36 bits per heavy atom. The van der Waals surface area contributed by atoms with Crippen LogP contribution in [0.3, 0.4) is 0 Å². The molecule has 0 amide bonds. The van der Waals surface area contributed by atoms with Gasteiger partial charge in [-0.2, -0.15) is 0 Å². The van der Waals surface area contributed by atoms with E-state index in [2.05, 4.69) is 0 Å². The minimum Gasteiger partial charge on any atom is -0.759 e. The van der Waals surface area contributed by atoms with Crippen LogP contribution in [-0.4, -0.2) is 77.5 Å². The standard InChI is InChI=1S/C2H4O2.Ba.H3N.H2O4S/c1-2(3)4;;;1-5(2,3)4/h1H3,(H,3,4);;1H3;(H2,1,2,3,4)/q;+2;;/p-2. The quantitative estimate of drug-likeness (QED) is 0.315. The summed E-state index contributed by atoms with van der Waals surface area (Å²) in [5, 5.41) is 7.42. The molecule has 0 aromatic rings. The maximum absolute atomic E-state index is 9.00. The monoisotopic (exact) mass is 311 g/mol. The van der Waals surface area contributed by atoms with Gasteiger partial charge in [0, 0.05) is 17.3 Å². The second-order valence-corrected chi connectivity index (χ2v) is 1.74. The Bertz CT molecular complexity index is 163. The van der Waals surface area contributed by atoms with Gasteiger partial charge in [-0.1, -0.05) is 0 Å². The fourth-order valence-corrected chi connectivity index (χ4v) is 0. The molecule has 0 spiro atoms. The first-order valence-corrected chi connectivity index (χ1v) is 2.93. The fourth-order valence-electron chi connectivity index (χ4n) is 0. The summed E-state index contributed by atoms with van der Waals surface area (Å²) in [6.45, 7) is 1.08. The van der Waals surface area contributed by atoms with Gasteiger partial charge in [0.25, 0.3) is 5.97 Å². The predicted octanol–water partition coefficient (Wildman–Crippen LogP) is -1.47. The average molecular weight is 310 g/mol. The molecule has 0 heterocycles. The summed E-state index contributed by atoms with van der Waals surface area (Å²) in [6, 6.07) is 0. The number of hydrogen-bond acceptors (Lipinski definition) is 6. The normalized spacial score (nSPS) is 7.55. The van der Waals surface area contributed by atoms with E-state index in [1.807, 2.05) is 0 Å². The molecule has 9 heteroatoms. The fraction of sp³-hybridized carbons (Fsp3) is 0.500. The smallest absolute Gasteiger partial charge is 0.759 e. The van der Waals surface area contributed by atoms with Crippen molar-refractivity contribution in [3.8, 4) is 0 Å². The van der Waals surface area contributed by atoms with Crippen molar-refractivity contribution < 1.29 is 27.4 Å². The van der Waals surface area contributed by atoms with E-state index >= 15 is 0 Å². The number of carboxylic acids is 1. The number of hydrogen-bond donors (Lipinski definition) is 2. The van der Waals surface area contributed by atoms with Gasteiger partial charge in [0.15, 0.2) is 0 Å². The zero-order chi connectivity index (χ0) is 8.08. The van der Waals surface area contributed by atoms with Crippen LogP contribution in [0, 0.1) is 0 Å². The van der Waals surface area contributed by atoms with Gasteiger partial charge in [0.1, 0.15) is 0 Å². The molecule has 0 aromatic heterocycles. The number of aliphatic carboxylic acids is 1. The third-order valence-corrected chi connectivity index (χ3v) is 0. The molecule has 7 nitrogen and oxygen atoms in total. The molecule has 0 atom stereocenters. The van der Waals surface area contributed by atoms with Crippen LogP contribution in [0.15, 0.2) is 0 Å². The summed E-state index contributed by atoms with van der Waals surface area (Å²) < 4.78 is 34.1. The first kappa shape index (κ1) is 22.6. The van der Waals surface area contributed by atoms with Crippen LogP contribution in [0.2, 0.25) is 0 Å². The van der Waals surface area contributed by atoms with E-state index in [-0.39, 0.29) is 55.0 Å². The second kappa shape index (κ2) is 10.9. The van der Waals surface area contributed by atoms with E-state index in [1.54, 1.807) is 0 Å². The van der Waals surface area contributed by atoms with Crippen LogP contribution in [0.4, 0.5) is 0 Å². The third kappa shape index (κ3) is 1130. The van der Waals surface area contributed by atoms with E-state index in [1.165, 1.54) is 0 Å². The topological polar surface area (TPSA) is 153 Å². The number of carbonyl (C=O) groups is 1. The summed E-state index contributed by atoms with van der Waals surface area (Å²) in [7, 11) is -5.17. The summed E-state index contributed by atoms with van der Waals surface area (Å²) >= 11 is 0. The molecule has 0 saturated carbocycles. The second-order valence-electron chi connectivity index (χ2n) is 0.927. The molecule has 0 saturated heterocycles. The van der Waals surface area contributed by atoms with Crippen LogP contribution < -0.4 is 6.15 Å². The molecule has 0 unspecified atom stereocenters. The zero-order valence-electron chi connectivity index (χ0n) is 5.81. The minimum absolute atomic E-state index is 0. The van der Waals surface area contributed by atoms with E-state index in [4.69, 9.17) is 27.4 Å². The Morgan fingerprint density at radius 2 is 1.36 bits per heavy atom. The van der Waals surface area contributed by atoms with Crippen molar-refractivity contribution in [3.05, 3.63) is 0 Å². The molecule has 4 N–H and O–H groups in total. The summed E-state index contributed by atoms with van der Waals surface area (Å²) in [5.41, 5.74) is 0. The largest absolute Gasteiger partial charge is 2.00 e. The van der Waals surface area contributed by atoms with E-state index in [0.29, 0.717) is 0 Å². The first-order valence-electron chi connectivity index (χ1n) is 1.59. The molecule has 0 aliphatic rings. The van der Waals surface area contributed by atoms with Gasteiger partial charge < -0.3 is 20.4 Å². The van der Waals surface area contributed by atoms with Gasteiger partial charge in [-0.3, -0.25) is 13.2 Å². The molecular weight excluding hydrogens is 303 g/mol. The molecule has 0 rings (SSSR count). The Morgan fingerprint density at radius 1 is 1.36 bits per heavy atom. The van der Waals surface area contributed by atoms with Gasteiger partial charge in [0.2, 0.25) is 0 Å². The maximum atomic E-state index is 9.00. The van der Waals surface area contributed by atoms with Crippen LogP contribution in [0.5, 0.6) is 0 Å². The Labute approximate surface area is 104 Å². The van der Waals surface area contributed by atoms with Crippen molar-refractivity contribution >= 4 is 65.2 Å². The van der Waals surface area contributed by atoms with Gasteiger partial charge in [-0.05, 0) is 0 Å². The summed E-state index contributed by atoms with van der Waals surface area (Å²) in [4.78, 5) is 9.00. The van der Waals surface area contributed by atoms with E-state index < -0.39 is 16.4 Å². The first-order chi connectivity index (χ1) is 3.73. The van der Waals surface area contributed by atoms with E-state index in [0.717, 1.165) is 6.92 Å². The van der Waals surface area contributed by atoms with Crippen molar-refractivity contribution in [1.29, 1.82) is 0 Å². The van der Waals surface area contributed by atoms with Crippen molar-refractivity contribution in [3.63, 3.8) is 0 Å². The SMILES string of the molecule is CC(=O)O.N.O=S(=O)([O-])[O-].[Ba+2]. The number of carboxylic acid groups (broad SMARTS) is 1. The van der Waals surface area contributed by atoms with Crippen LogP contribution >= 0.6 is 0 Å². The molecule has 11 heavy (non-hydrogen) atoms. The average Bonchev–Trinajstić information content (AvgIpc) is 1.19. The molecule has 64 valence electrons. The van der Waals surface area contributed by atoms with Crippen molar-refractivity contribution in [1.82, 2.24) is 6.15 Å². The third-order valence-electron chi connectivity index (χ3n) is 0. The van der Waals surface area contributed by atoms with Crippen molar-refractivity contribution in [2.24, 2.45) is 0 Å². The number of rotatable bonds is 0. The van der Waals surface area contributed by atoms with Gasteiger partial charge in [0.05, 0.1) is 0 Å². The predicted molar refractivity (Wildman–Crippen MR) is 34.6 cm³/mol. The Kier molecular flexibility index (Phi) is 22.4.